The van der Waals surface area contributed by atoms with Gasteiger partial charge in [0, 0.05) is 61.1 Å². The first-order valence-electron chi connectivity index (χ1n) is 10.0. The maximum absolute atomic E-state index is 13.4. The number of ketones is 1. The first-order valence-corrected chi connectivity index (χ1v) is 10.0. The van der Waals surface area contributed by atoms with Crippen molar-refractivity contribution in [3.05, 3.63) is 36.0 Å². The van der Waals surface area contributed by atoms with E-state index in [1.54, 1.807) is 18.2 Å². The maximum atomic E-state index is 13.4. The summed E-state index contributed by atoms with van der Waals surface area (Å²) in [4.78, 5) is 18.7. The second kappa shape index (κ2) is 7.58. The van der Waals surface area contributed by atoms with Gasteiger partial charge < -0.3 is 4.90 Å². The number of hydrogen-bond acceptors (Lipinski definition) is 3. The molecule has 1 saturated carbocycles. The molecule has 156 valence electrons. The zero-order chi connectivity index (χ0) is 20.8. The zero-order valence-electron chi connectivity index (χ0n) is 16.3. The Morgan fingerprint density at radius 1 is 1.24 bits per heavy atom. The maximum Gasteiger partial charge on any atom is 0.265 e. The van der Waals surface area contributed by atoms with Crippen molar-refractivity contribution in [2.45, 2.75) is 45.0 Å². The third kappa shape index (κ3) is 4.09. The number of rotatable bonds is 5. The number of benzene rings is 1. The average molecular weight is 408 g/mol. The zero-order valence-corrected chi connectivity index (χ0v) is 16.3. The van der Waals surface area contributed by atoms with Gasteiger partial charge >= 0.3 is 0 Å². The highest BCUT2D eigenvalue weighted by Crippen LogP contribution is 2.44. The Morgan fingerprint density at radius 3 is 2.69 bits per heavy atom. The highest BCUT2D eigenvalue weighted by Gasteiger charge is 2.48. The van der Waals surface area contributed by atoms with E-state index < -0.39 is 18.3 Å². The molecule has 1 aromatic heterocycles. The third-order valence-corrected chi connectivity index (χ3v) is 6.14. The van der Waals surface area contributed by atoms with Crippen LogP contribution in [0.4, 0.5) is 23.2 Å². The molecule has 1 saturated heterocycles. The monoisotopic (exact) mass is 408 g/mol. The lowest BCUT2D eigenvalue weighted by Crippen LogP contribution is -2.43. The fourth-order valence-electron chi connectivity index (χ4n) is 4.80. The van der Waals surface area contributed by atoms with Crippen LogP contribution < -0.4 is 4.90 Å². The van der Waals surface area contributed by atoms with Gasteiger partial charge in [0.25, 0.3) is 6.43 Å². The van der Waals surface area contributed by atoms with Gasteiger partial charge in [0.05, 0.1) is 5.52 Å². The van der Waals surface area contributed by atoms with Crippen molar-refractivity contribution in [1.82, 2.24) is 4.98 Å². The minimum Gasteiger partial charge on any atom is -0.370 e. The summed E-state index contributed by atoms with van der Waals surface area (Å²) < 4.78 is 52.9. The van der Waals surface area contributed by atoms with Crippen LogP contribution in [0.15, 0.2) is 30.5 Å². The smallest absolute Gasteiger partial charge is 0.265 e. The molecule has 0 unspecified atom stereocenters. The number of halogens is 4. The van der Waals surface area contributed by atoms with Crippen LogP contribution in [0.2, 0.25) is 0 Å². The minimum absolute atomic E-state index is 0.0713. The molecule has 3 nitrogen and oxygen atoms in total. The summed E-state index contributed by atoms with van der Waals surface area (Å²) >= 11 is 0. The molecule has 0 radical (unpaired) electrons. The first-order chi connectivity index (χ1) is 13.7. The third-order valence-electron chi connectivity index (χ3n) is 6.14. The molecular formula is C22H24F4N2O. The number of alkyl halides is 4. The SMILES string of the molecule is C[C@H]1C[C@@H](CC(=O)C2CC(F)(F)C2)CN(c2ccc(C(F)F)c3ncccc23)C1. The second-order valence-corrected chi connectivity index (χ2v) is 8.62. The number of anilines is 1. The van der Waals surface area contributed by atoms with Crippen LogP contribution in [0, 0.1) is 17.8 Å². The molecule has 4 rings (SSSR count). The highest BCUT2D eigenvalue weighted by atomic mass is 19.3. The Labute approximate surface area is 167 Å². The topological polar surface area (TPSA) is 33.2 Å². The van der Waals surface area contributed by atoms with E-state index in [2.05, 4.69) is 16.8 Å². The number of carbonyl (C=O) groups is 1. The number of pyridine rings is 1. The molecular weight excluding hydrogens is 384 g/mol. The Bertz CT molecular complexity index is 909. The van der Waals surface area contributed by atoms with Crippen molar-refractivity contribution >= 4 is 22.4 Å². The molecule has 7 heteroatoms. The first kappa shape index (κ1) is 20.1. The van der Waals surface area contributed by atoms with E-state index in [1.807, 2.05) is 0 Å². The van der Waals surface area contributed by atoms with E-state index in [-0.39, 0.29) is 30.1 Å². The molecule has 1 aromatic carbocycles. The molecule has 2 fully saturated rings. The minimum atomic E-state index is -2.69. The summed E-state index contributed by atoms with van der Waals surface area (Å²) in [5.74, 6) is -2.90. The van der Waals surface area contributed by atoms with Gasteiger partial charge in [0.2, 0.25) is 5.92 Å². The van der Waals surface area contributed by atoms with Crippen LogP contribution in [0.1, 0.15) is 44.6 Å². The van der Waals surface area contributed by atoms with E-state index in [0.29, 0.717) is 29.8 Å². The van der Waals surface area contributed by atoms with Gasteiger partial charge in [-0.3, -0.25) is 9.78 Å². The number of fused-ring (bicyclic) bond motifs is 1. The molecule has 0 bridgehead atoms. The molecule has 0 N–H and O–H groups in total. The fourth-order valence-corrected chi connectivity index (χ4v) is 4.80. The van der Waals surface area contributed by atoms with Crippen LogP contribution in [-0.2, 0) is 4.79 Å². The Hall–Kier alpha value is -2.18. The van der Waals surface area contributed by atoms with Crippen LogP contribution in [0.5, 0.6) is 0 Å². The predicted molar refractivity (Wildman–Crippen MR) is 103 cm³/mol. The van der Waals surface area contributed by atoms with E-state index in [9.17, 15) is 22.4 Å². The molecule has 1 aliphatic carbocycles. The van der Waals surface area contributed by atoms with E-state index >= 15 is 0 Å². The molecule has 29 heavy (non-hydrogen) atoms. The van der Waals surface area contributed by atoms with Gasteiger partial charge in [-0.1, -0.05) is 6.92 Å². The van der Waals surface area contributed by atoms with Gasteiger partial charge in [-0.15, -0.1) is 0 Å². The molecule has 2 heterocycles. The normalized spacial score (nSPS) is 24.7. The second-order valence-electron chi connectivity index (χ2n) is 8.62. The average Bonchev–Trinajstić information content (AvgIpc) is 2.64. The lowest BCUT2D eigenvalue weighted by molar-refractivity contribution is -0.149. The molecule has 2 aliphatic rings. The van der Waals surface area contributed by atoms with E-state index in [1.165, 1.54) is 12.3 Å². The summed E-state index contributed by atoms with van der Waals surface area (Å²) in [6, 6.07) is 6.64. The summed E-state index contributed by atoms with van der Waals surface area (Å²) in [6.07, 6.45) is -0.601. The van der Waals surface area contributed by atoms with E-state index in [4.69, 9.17) is 0 Å². The number of Topliss-reactive ketones (excluding diaryl/α,β-unsaturated/α-hetero) is 1. The number of aromatic nitrogens is 1. The van der Waals surface area contributed by atoms with Crippen molar-refractivity contribution in [1.29, 1.82) is 0 Å². The van der Waals surface area contributed by atoms with Crippen molar-refractivity contribution in [2.75, 3.05) is 18.0 Å². The van der Waals surface area contributed by atoms with Crippen molar-refractivity contribution in [3.8, 4) is 0 Å². The fraction of sp³-hybridized carbons (Fsp3) is 0.545. The van der Waals surface area contributed by atoms with Crippen LogP contribution in [0.3, 0.4) is 0 Å². The summed E-state index contributed by atoms with van der Waals surface area (Å²) in [5.41, 5.74) is 1.03. The number of piperidine rings is 1. The lowest BCUT2D eigenvalue weighted by atomic mass is 9.75. The predicted octanol–water partition coefficient (Wildman–Crippen LogP) is 5.64. The molecule has 0 spiro atoms. The van der Waals surface area contributed by atoms with Crippen molar-refractivity contribution in [2.24, 2.45) is 17.8 Å². The Balaban J connectivity index is 1.54. The van der Waals surface area contributed by atoms with Crippen LogP contribution in [0.25, 0.3) is 10.9 Å². The number of nitrogens with zero attached hydrogens (tertiary/aromatic N) is 2. The standard InChI is InChI=1S/C22H24F4N2O/c1-13-7-14(8-19(29)15-9-22(25,26)10-15)12-28(11-13)18-5-4-17(21(23)24)20-16(18)3-2-6-27-20/h2-6,13-15,21H,7-12H2,1H3/t13-,14-/m0/s1. The molecule has 2 aromatic rings. The van der Waals surface area contributed by atoms with Gasteiger partial charge in [0.1, 0.15) is 5.78 Å². The molecule has 0 amide bonds. The van der Waals surface area contributed by atoms with E-state index in [0.717, 1.165) is 18.7 Å². The summed E-state index contributed by atoms with van der Waals surface area (Å²) in [5, 5.41) is 0.670. The lowest BCUT2D eigenvalue weighted by Gasteiger charge is -2.40. The quantitative estimate of drug-likeness (QED) is 0.601. The summed E-state index contributed by atoms with van der Waals surface area (Å²) in [6.45, 7) is 3.45. The van der Waals surface area contributed by atoms with Crippen LogP contribution in [-0.4, -0.2) is 29.8 Å². The molecule has 2 atom stereocenters. The Morgan fingerprint density at radius 2 is 2.00 bits per heavy atom. The van der Waals surface area contributed by atoms with Crippen molar-refractivity contribution < 1.29 is 22.4 Å². The van der Waals surface area contributed by atoms with Gasteiger partial charge in [-0.05, 0) is 42.5 Å². The number of carbonyl (C=O) groups excluding carboxylic acids is 1. The van der Waals surface area contributed by atoms with Gasteiger partial charge in [-0.25, -0.2) is 17.6 Å². The van der Waals surface area contributed by atoms with Gasteiger partial charge in [0.15, 0.2) is 0 Å². The number of hydrogen-bond donors (Lipinski definition) is 0. The molecule has 1 aliphatic heterocycles. The Kier molecular flexibility index (Phi) is 5.25. The largest absolute Gasteiger partial charge is 0.370 e. The van der Waals surface area contributed by atoms with Gasteiger partial charge in [-0.2, -0.15) is 0 Å². The summed E-state index contributed by atoms with van der Waals surface area (Å²) in [7, 11) is 0. The highest BCUT2D eigenvalue weighted by molar-refractivity contribution is 5.94. The van der Waals surface area contributed by atoms with Crippen LogP contribution >= 0.6 is 0 Å². The van der Waals surface area contributed by atoms with Crippen molar-refractivity contribution in [3.63, 3.8) is 0 Å².